The number of para-hydroxylation sites is 2. The van der Waals surface area contributed by atoms with Crippen LogP contribution in [0.15, 0.2) is 53.4 Å². The van der Waals surface area contributed by atoms with Gasteiger partial charge in [-0.1, -0.05) is 12.1 Å². The minimum atomic E-state index is -3.76. The van der Waals surface area contributed by atoms with E-state index in [9.17, 15) is 17.6 Å². The van der Waals surface area contributed by atoms with Gasteiger partial charge >= 0.3 is 0 Å². The highest BCUT2D eigenvalue weighted by Gasteiger charge is 2.33. The van der Waals surface area contributed by atoms with Crippen molar-refractivity contribution in [2.24, 2.45) is 5.92 Å². The van der Waals surface area contributed by atoms with Gasteiger partial charge in [0, 0.05) is 26.2 Å². The van der Waals surface area contributed by atoms with Crippen LogP contribution in [0.1, 0.15) is 18.7 Å². The molecule has 9 heteroatoms. The second kappa shape index (κ2) is 8.76. The monoisotopic (exact) mass is 444 g/mol. The van der Waals surface area contributed by atoms with Gasteiger partial charge in [0.2, 0.25) is 15.9 Å². The minimum Gasteiger partial charge on any atom is -0.354 e. The third kappa shape index (κ3) is 4.47. The van der Waals surface area contributed by atoms with Gasteiger partial charge in [-0.25, -0.2) is 17.8 Å². The maximum Gasteiger partial charge on any atom is 0.243 e. The summed E-state index contributed by atoms with van der Waals surface area (Å²) < 4.78 is 42.2. The Morgan fingerprint density at radius 2 is 1.94 bits per heavy atom. The zero-order valence-electron chi connectivity index (χ0n) is 17.3. The fraction of sp³-hybridized carbons (Fsp3) is 0.364. The van der Waals surface area contributed by atoms with Gasteiger partial charge in [-0.15, -0.1) is 0 Å². The highest BCUT2D eigenvalue weighted by molar-refractivity contribution is 7.89. The van der Waals surface area contributed by atoms with E-state index >= 15 is 0 Å². The van der Waals surface area contributed by atoms with Crippen LogP contribution in [0.3, 0.4) is 0 Å². The molecule has 1 aromatic heterocycles. The molecule has 1 fully saturated rings. The summed E-state index contributed by atoms with van der Waals surface area (Å²) in [6.45, 7) is 3.42. The number of aromatic nitrogens is 2. The van der Waals surface area contributed by atoms with E-state index in [0.29, 0.717) is 32.5 Å². The Bertz CT molecular complexity index is 1190. The fourth-order valence-electron chi connectivity index (χ4n) is 4.04. The molecule has 0 bridgehead atoms. The molecule has 0 saturated carbocycles. The van der Waals surface area contributed by atoms with Gasteiger partial charge in [0.15, 0.2) is 0 Å². The molecule has 3 aromatic rings. The lowest BCUT2D eigenvalue weighted by atomic mass is 9.99. The number of rotatable bonds is 6. The molecule has 1 amide bonds. The average molecular weight is 445 g/mol. The summed E-state index contributed by atoms with van der Waals surface area (Å²) in [6, 6.07) is 12.6. The normalized spacial score (nSPS) is 17.7. The predicted molar refractivity (Wildman–Crippen MR) is 115 cm³/mol. The molecule has 2 aromatic carbocycles. The zero-order chi connectivity index (χ0) is 22.0. The number of nitrogens with one attached hydrogen (secondary N) is 1. The Hall–Kier alpha value is -2.78. The number of amides is 1. The first kappa shape index (κ1) is 21.5. The minimum absolute atomic E-state index is 0.0393. The molecule has 1 aliphatic heterocycles. The molecule has 0 radical (unpaired) electrons. The topological polar surface area (TPSA) is 84.3 Å². The number of halogens is 1. The van der Waals surface area contributed by atoms with Crippen LogP contribution in [0.2, 0.25) is 0 Å². The van der Waals surface area contributed by atoms with E-state index in [1.807, 2.05) is 31.2 Å². The van der Waals surface area contributed by atoms with Crippen LogP contribution in [0.25, 0.3) is 11.0 Å². The Labute approximate surface area is 180 Å². The van der Waals surface area contributed by atoms with E-state index < -0.39 is 21.8 Å². The van der Waals surface area contributed by atoms with Crippen molar-refractivity contribution in [1.29, 1.82) is 0 Å². The summed E-state index contributed by atoms with van der Waals surface area (Å²) >= 11 is 0. The number of sulfonamides is 1. The molecule has 0 aliphatic carbocycles. The first-order valence-electron chi connectivity index (χ1n) is 10.3. The second-order valence-corrected chi connectivity index (χ2v) is 9.68. The number of fused-ring (bicyclic) bond motifs is 1. The number of carbonyl (C=O) groups is 1. The van der Waals surface area contributed by atoms with Crippen molar-refractivity contribution in [2.45, 2.75) is 31.2 Å². The van der Waals surface area contributed by atoms with Crippen molar-refractivity contribution in [3.63, 3.8) is 0 Å². The average Bonchev–Trinajstić information content (AvgIpc) is 3.09. The lowest BCUT2D eigenvalue weighted by Gasteiger charge is -2.31. The fourth-order valence-corrected chi connectivity index (χ4v) is 5.57. The maximum absolute atomic E-state index is 13.1. The summed E-state index contributed by atoms with van der Waals surface area (Å²) in [4.78, 5) is 17.3. The molecule has 1 saturated heterocycles. The van der Waals surface area contributed by atoms with Crippen LogP contribution in [-0.2, 0) is 21.4 Å². The van der Waals surface area contributed by atoms with E-state index in [-0.39, 0.29) is 17.3 Å². The second-order valence-electron chi connectivity index (χ2n) is 7.75. The van der Waals surface area contributed by atoms with Crippen molar-refractivity contribution in [3.8, 4) is 0 Å². The van der Waals surface area contributed by atoms with Gasteiger partial charge in [-0.3, -0.25) is 4.79 Å². The van der Waals surface area contributed by atoms with Gasteiger partial charge < -0.3 is 9.88 Å². The first-order valence-corrected chi connectivity index (χ1v) is 11.8. The summed E-state index contributed by atoms with van der Waals surface area (Å²) in [5.41, 5.74) is 1.93. The van der Waals surface area contributed by atoms with Crippen LogP contribution in [0, 0.1) is 18.7 Å². The van der Waals surface area contributed by atoms with Crippen LogP contribution >= 0.6 is 0 Å². The summed E-state index contributed by atoms with van der Waals surface area (Å²) in [5, 5.41) is 2.94. The quantitative estimate of drug-likeness (QED) is 0.634. The molecule has 0 spiro atoms. The van der Waals surface area contributed by atoms with Gasteiger partial charge in [0.25, 0.3) is 0 Å². The lowest BCUT2D eigenvalue weighted by Crippen LogP contribution is -2.45. The first-order chi connectivity index (χ1) is 14.9. The summed E-state index contributed by atoms with van der Waals surface area (Å²) in [6.07, 6.45) is 1.23. The number of aryl methyl sites for hydroxylation is 1. The third-order valence-corrected chi connectivity index (χ3v) is 7.57. The highest BCUT2D eigenvalue weighted by atomic mass is 32.2. The largest absolute Gasteiger partial charge is 0.354 e. The van der Waals surface area contributed by atoms with E-state index in [0.717, 1.165) is 29.0 Å². The Kier molecular flexibility index (Phi) is 6.06. The van der Waals surface area contributed by atoms with Crippen molar-refractivity contribution >= 4 is 27.0 Å². The van der Waals surface area contributed by atoms with Crippen LogP contribution in [0.5, 0.6) is 0 Å². The Morgan fingerprint density at radius 3 is 2.71 bits per heavy atom. The number of hydrogen-bond acceptors (Lipinski definition) is 4. The van der Waals surface area contributed by atoms with Crippen LogP contribution in [-0.4, -0.2) is 47.8 Å². The SMILES string of the molecule is Cc1nc2ccccc2n1CCNC(=O)C1CCCN(S(=O)(=O)c2ccc(F)cc2)C1. The predicted octanol–water partition coefficient (Wildman–Crippen LogP) is 2.70. The molecular formula is C22H25FN4O3S. The Balaban J connectivity index is 1.37. The van der Waals surface area contributed by atoms with Crippen molar-refractivity contribution < 1.29 is 17.6 Å². The molecule has 1 N–H and O–H groups in total. The molecule has 164 valence electrons. The highest BCUT2D eigenvalue weighted by Crippen LogP contribution is 2.24. The molecule has 1 unspecified atom stereocenters. The van der Waals surface area contributed by atoms with Gasteiger partial charge in [0.05, 0.1) is 21.8 Å². The smallest absolute Gasteiger partial charge is 0.243 e. The van der Waals surface area contributed by atoms with E-state index in [1.165, 1.54) is 16.4 Å². The molecule has 1 atom stereocenters. The molecule has 1 aliphatic rings. The van der Waals surface area contributed by atoms with Gasteiger partial charge in [0.1, 0.15) is 11.6 Å². The molecular weight excluding hydrogens is 419 g/mol. The maximum atomic E-state index is 13.1. The van der Waals surface area contributed by atoms with E-state index in [4.69, 9.17) is 0 Å². The van der Waals surface area contributed by atoms with Gasteiger partial charge in [-0.05, 0) is 56.2 Å². The van der Waals surface area contributed by atoms with Crippen molar-refractivity contribution in [2.75, 3.05) is 19.6 Å². The Morgan fingerprint density at radius 1 is 1.19 bits per heavy atom. The molecule has 2 heterocycles. The third-order valence-electron chi connectivity index (χ3n) is 5.69. The summed E-state index contributed by atoms with van der Waals surface area (Å²) in [7, 11) is -3.76. The van der Waals surface area contributed by atoms with E-state index in [2.05, 4.69) is 14.9 Å². The number of piperidine rings is 1. The molecule has 4 rings (SSSR count). The molecule has 31 heavy (non-hydrogen) atoms. The number of carbonyl (C=O) groups excluding carboxylic acids is 1. The van der Waals surface area contributed by atoms with E-state index in [1.54, 1.807) is 0 Å². The number of nitrogens with zero attached hydrogens (tertiary/aromatic N) is 3. The number of imidazole rings is 1. The van der Waals surface area contributed by atoms with Crippen LogP contribution in [0.4, 0.5) is 4.39 Å². The van der Waals surface area contributed by atoms with Crippen molar-refractivity contribution in [3.05, 3.63) is 60.2 Å². The lowest BCUT2D eigenvalue weighted by molar-refractivity contribution is -0.126. The number of hydrogen-bond donors (Lipinski definition) is 1. The number of benzene rings is 2. The van der Waals surface area contributed by atoms with Crippen LogP contribution < -0.4 is 5.32 Å². The van der Waals surface area contributed by atoms with Gasteiger partial charge in [-0.2, -0.15) is 4.31 Å². The summed E-state index contributed by atoms with van der Waals surface area (Å²) in [5.74, 6) is -0.175. The standard InChI is InChI=1S/C22H25FN4O3S/c1-16-25-20-6-2-3-7-21(20)27(16)14-12-24-22(28)17-5-4-13-26(15-17)31(29,30)19-10-8-18(23)9-11-19/h2-3,6-11,17H,4-5,12-15H2,1H3,(H,24,28). The van der Waals surface area contributed by atoms with Crippen molar-refractivity contribution in [1.82, 2.24) is 19.2 Å². The zero-order valence-corrected chi connectivity index (χ0v) is 18.1. The molecule has 7 nitrogen and oxygen atoms in total.